The molecule has 0 saturated carbocycles. The Morgan fingerprint density at radius 1 is 1.19 bits per heavy atom. The second kappa shape index (κ2) is 7.33. The monoisotopic (exact) mass is 393 g/mol. The van der Waals surface area contributed by atoms with Crippen LogP contribution in [0.3, 0.4) is 0 Å². The van der Waals surface area contributed by atoms with Crippen molar-refractivity contribution < 1.29 is 27.1 Å². The van der Waals surface area contributed by atoms with Crippen molar-refractivity contribution in [3.8, 4) is 0 Å². The van der Waals surface area contributed by atoms with Crippen molar-refractivity contribution in [1.82, 2.24) is 4.72 Å². The molecule has 8 nitrogen and oxygen atoms in total. The van der Waals surface area contributed by atoms with Gasteiger partial charge in [0.2, 0.25) is 10.0 Å². The zero-order valence-corrected chi connectivity index (χ0v) is 15.0. The van der Waals surface area contributed by atoms with E-state index in [4.69, 9.17) is 4.74 Å². The Hall–Kier alpha value is -2.98. The number of ether oxygens (including phenoxy) is 1. The number of anilines is 2. The Balaban J connectivity index is 1.74. The number of esters is 1. The first-order valence-electron chi connectivity index (χ1n) is 7.96. The molecule has 0 spiro atoms. The fourth-order valence-electron chi connectivity index (χ4n) is 2.49. The maximum atomic E-state index is 13.4. The molecule has 3 N–H and O–H groups in total. The fourth-order valence-corrected chi connectivity index (χ4v) is 3.75. The van der Waals surface area contributed by atoms with Gasteiger partial charge in [-0.25, -0.2) is 17.6 Å². The van der Waals surface area contributed by atoms with E-state index in [1.54, 1.807) is 6.92 Å². The number of benzene rings is 2. The number of fused-ring (bicyclic) bond motifs is 1. The van der Waals surface area contributed by atoms with E-state index in [0.717, 1.165) is 18.2 Å². The van der Waals surface area contributed by atoms with Crippen molar-refractivity contribution >= 4 is 33.3 Å². The number of nitrogens with one attached hydrogen (secondary N) is 3. The van der Waals surface area contributed by atoms with Crippen molar-refractivity contribution in [1.29, 1.82) is 0 Å². The van der Waals surface area contributed by atoms with Gasteiger partial charge in [0, 0.05) is 5.69 Å². The largest absolute Gasteiger partial charge is 0.462 e. The third-order valence-corrected chi connectivity index (χ3v) is 5.21. The smallest absolute Gasteiger partial charge is 0.338 e. The summed E-state index contributed by atoms with van der Waals surface area (Å²) in [6, 6.07) is 9.04. The highest BCUT2D eigenvalue weighted by Gasteiger charge is 2.33. The van der Waals surface area contributed by atoms with Crippen LogP contribution in [0.15, 0.2) is 47.4 Å². The summed E-state index contributed by atoms with van der Waals surface area (Å²) >= 11 is 0. The molecule has 1 aliphatic rings. The Bertz CT molecular complexity index is 992. The van der Waals surface area contributed by atoms with Gasteiger partial charge in [0.15, 0.2) is 6.17 Å². The minimum absolute atomic E-state index is 0.00782. The van der Waals surface area contributed by atoms with Crippen LogP contribution in [0.1, 0.15) is 17.3 Å². The van der Waals surface area contributed by atoms with Gasteiger partial charge in [-0.05, 0) is 49.4 Å². The summed E-state index contributed by atoms with van der Waals surface area (Å²) in [4.78, 5) is 23.9. The number of hydrogen-bond acceptors (Lipinski definition) is 6. The molecule has 1 aliphatic heterocycles. The van der Waals surface area contributed by atoms with Gasteiger partial charge in [-0.15, -0.1) is 0 Å². The summed E-state index contributed by atoms with van der Waals surface area (Å²) in [5.74, 6) is -1.82. The van der Waals surface area contributed by atoms with Gasteiger partial charge in [-0.3, -0.25) is 4.79 Å². The third kappa shape index (κ3) is 4.07. The summed E-state index contributed by atoms with van der Waals surface area (Å²) in [6.45, 7) is 1.93. The normalized spacial score (nSPS) is 17.3. The average Bonchev–Trinajstić information content (AvgIpc) is 2.61. The molecule has 2 aromatic carbocycles. The van der Waals surface area contributed by atoms with Crippen molar-refractivity contribution in [3.63, 3.8) is 0 Å². The molecule has 0 unspecified atom stereocenters. The van der Waals surface area contributed by atoms with Crippen LogP contribution in [0.25, 0.3) is 0 Å². The second-order valence-electron chi connectivity index (χ2n) is 5.63. The number of amides is 1. The molecule has 142 valence electrons. The highest BCUT2D eigenvalue weighted by Crippen LogP contribution is 2.27. The average molecular weight is 393 g/mol. The predicted molar refractivity (Wildman–Crippen MR) is 95.2 cm³/mol. The molecular weight excluding hydrogens is 377 g/mol. The van der Waals surface area contributed by atoms with E-state index in [1.165, 1.54) is 24.3 Å². The van der Waals surface area contributed by atoms with E-state index >= 15 is 0 Å². The van der Waals surface area contributed by atoms with Gasteiger partial charge in [0.05, 0.1) is 17.9 Å². The van der Waals surface area contributed by atoms with Crippen molar-refractivity contribution in [3.05, 3.63) is 53.8 Å². The molecule has 1 atom stereocenters. The second-order valence-corrected chi connectivity index (χ2v) is 7.31. The van der Waals surface area contributed by atoms with Crippen molar-refractivity contribution in [2.24, 2.45) is 0 Å². The van der Waals surface area contributed by atoms with Crippen molar-refractivity contribution in [2.45, 2.75) is 18.0 Å². The molecule has 0 radical (unpaired) electrons. The molecule has 1 amide bonds. The topological polar surface area (TPSA) is 114 Å². The standard InChI is InChI=1S/C17H16FN3O5S/c1-2-26-17(23)10-3-6-12(7-4-10)19-16(22)15-20-13-9-11(18)5-8-14(13)27(24,25)21-15/h3-9,15,20-21H,2H2,1H3,(H,19,22)/t15-/m1/s1. The van der Waals surface area contributed by atoms with Crippen LogP contribution in [-0.2, 0) is 19.6 Å². The third-order valence-electron chi connectivity index (χ3n) is 3.73. The highest BCUT2D eigenvalue weighted by atomic mass is 32.2. The molecule has 0 aliphatic carbocycles. The minimum Gasteiger partial charge on any atom is -0.462 e. The lowest BCUT2D eigenvalue weighted by Gasteiger charge is -2.27. The van der Waals surface area contributed by atoms with E-state index in [0.29, 0.717) is 11.3 Å². The minimum atomic E-state index is -3.97. The first-order chi connectivity index (χ1) is 12.8. The lowest BCUT2D eigenvalue weighted by molar-refractivity contribution is -0.117. The van der Waals surface area contributed by atoms with Crippen LogP contribution >= 0.6 is 0 Å². The first kappa shape index (κ1) is 18.8. The molecule has 0 fully saturated rings. The number of sulfonamides is 1. The molecule has 27 heavy (non-hydrogen) atoms. The Kier molecular flexibility index (Phi) is 5.10. The molecule has 0 bridgehead atoms. The summed E-state index contributed by atoms with van der Waals surface area (Å²) < 4.78 is 44.9. The SMILES string of the molecule is CCOC(=O)c1ccc(NC(=O)[C@@H]2Nc3cc(F)ccc3S(=O)(=O)N2)cc1. The van der Waals surface area contributed by atoms with E-state index in [2.05, 4.69) is 15.4 Å². The van der Waals surface area contributed by atoms with Gasteiger partial charge in [-0.2, -0.15) is 4.72 Å². The Labute approximate surface area is 154 Å². The summed E-state index contributed by atoms with van der Waals surface area (Å²) in [5.41, 5.74) is 0.654. The molecule has 10 heteroatoms. The van der Waals surface area contributed by atoms with Crippen molar-refractivity contribution in [2.75, 3.05) is 17.2 Å². The molecule has 2 aromatic rings. The van der Waals surface area contributed by atoms with Crippen LogP contribution in [0.2, 0.25) is 0 Å². The lowest BCUT2D eigenvalue weighted by atomic mass is 10.2. The number of carbonyl (C=O) groups excluding carboxylic acids is 2. The highest BCUT2D eigenvalue weighted by molar-refractivity contribution is 7.89. The summed E-state index contributed by atoms with van der Waals surface area (Å²) in [5, 5.41) is 5.16. The molecule has 1 heterocycles. The Morgan fingerprint density at radius 2 is 1.89 bits per heavy atom. The van der Waals surface area contributed by atoms with E-state index < -0.39 is 33.9 Å². The zero-order chi connectivity index (χ0) is 19.6. The molecule has 0 saturated heterocycles. The van der Waals surface area contributed by atoms with Crippen LogP contribution in [0.5, 0.6) is 0 Å². The van der Waals surface area contributed by atoms with E-state index in [-0.39, 0.29) is 17.2 Å². The van der Waals surface area contributed by atoms with Gasteiger partial charge >= 0.3 is 5.97 Å². The molecular formula is C17H16FN3O5S. The number of carbonyl (C=O) groups is 2. The van der Waals surface area contributed by atoms with Crippen LogP contribution in [0, 0.1) is 5.82 Å². The summed E-state index contributed by atoms with van der Waals surface area (Å²) in [6.07, 6.45) is -1.32. The van der Waals surface area contributed by atoms with E-state index in [9.17, 15) is 22.4 Å². The number of hydrogen-bond donors (Lipinski definition) is 3. The van der Waals surface area contributed by atoms with Gasteiger partial charge < -0.3 is 15.4 Å². The van der Waals surface area contributed by atoms with Crippen LogP contribution in [0.4, 0.5) is 15.8 Å². The maximum absolute atomic E-state index is 13.4. The Morgan fingerprint density at radius 3 is 2.56 bits per heavy atom. The van der Waals surface area contributed by atoms with Crippen LogP contribution < -0.4 is 15.4 Å². The predicted octanol–water partition coefficient (Wildman–Crippen LogP) is 1.67. The number of halogens is 1. The van der Waals surface area contributed by atoms with E-state index in [1.807, 2.05) is 0 Å². The van der Waals surface area contributed by atoms with Gasteiger partial charge in [-0.1, -0.05) is 0 Å². The summed E-state index contributed by atoms with van der Waals surface area (Å²) in [7, 11) is -3.97. The molecule has 3 rings (SSSR count). The van der Waals surface area contributed by atoms with Gasteiger partial charge in [0.25, 0.3) is 5.91 Å². The molecule has 0 aromatic heterocycles. The quantitative estimate of drug-likeness (QED) is 0.681. The van der Waals surface area contributed by atoms with Gasteiger partial charge in [0.1, 0.15) is 10.7 Å². The number of rotatable bonds is 4. The zero-order valence-electron chi connectivity index (χ0n) is 14.2. The van der Waals surface area contributed by atoms with Crippen LogP contribution in [-0.4, -0.2) is 33.1 Å². The first-order valence-corrected chi connectivity index (χ1v) is 9.45. The lowest BCUT2D eigenvalue weighted by Crippen LogP contribution is -2.51. The fraction of sp³-hybridized carbons (Fsp3) is 0.176. The maximum Gasteiger partial charge on any atom is 0.338 e.